The summed E-state index contributed by atoms with van der Waals surface area (Å²) in [4.78, 5) is 22.4. The molecule has 6 nitrogen and oxygen atoms in total. The molecule has 0 radical (unpaired) electrons. The summed E-state index contributed by atoms with van der Waals surface area (Å²) in [6.07, 6.45) is 2.18. The predicted molar refractivity (Wildman–Crippen MR) is 116 cm³/mol. The summed E-state index contributed by atoms with van der Waals surface area (Å²) in [5.74, 6) is -0.251. The van der Waals surface area contributed by atoms with Crippen LogP contribution in [0.4, 0.5) is 0 Å². The van der Waals surface area contributed by atoms with Crippen molar-refractivity contribution in [2.45, 2.75) is 38.8 Å². The van der Waals surface area contributed by atoms with Gasteiger partial charge in [-0.1, -0.05) is 18.2 Å². The number of carboxylic acid groups (broad SMARTS) is 1. The van der Waals surface area contributed by atoms with Gasteiger partial charge in [-0.25, -0.2) is 0 Å². The fraction of sp³-hybridized carbons (Fsp3) is 0.609. The molecule has 2 fully saturated rings. The van der Waals surface area contributed by atoms with Gasteiger partial charge < -0.3 is 15.0 Å². The lowest BCUT2D eigenvalue weighted by molar-refractivity contribution is -0.137. The standard InChI is InChI=1S/C23H34N4O2/c1-17-19-5-3-4-6-20(19)24-21(17)16-26-10-9-22(18(15-26)7-8-23(28)29)27-13-11-25(2)12-14-27/h3-6,18,22,24H,7-16H2,1-2H3,(H,28,29)/t18-,22+/m0/s1. The Morgan fingerprint density at radius 3 is 2.66 bits per heavy atom. The largest absolute Gasteiger partial charge is 0.481 e. The van der Waals surface area contributed by atoms with Crippen LogP contribution in [0, 0.1) is 12.8 Å². The van der Waals surface area contributed by atoms with Gasteiger partial charge >= 0.3 is 5.97 Å². The van der Waals surface area contributed by atoms with Crippen molar-refractivity contribution in [3.05, 3.63) is 35.5 Å². The first-order valence-electron chi connectivity index (χ1n) is 10.9. The highest BCUT2D eigenvalue weighted by atomic mass is 16.4. The molecule has 4 rings (SSSR count). The molecule has 2 aliphatic rings. The number of aryl methyl sites for hydroxylation is 1. The summed E-state index contributed by atoms with van der Waals surface area (Å²) in [5.41, 5.74) is 3.83. The Morgan fingerprint density at radius 1 is 1.17 bits per heavy atom. The van der Waals surface area contributed by atoms with Crippen molar-refractivity contribution < 1.29 is 9.90 Å². The van der Waals surface area contributed by atoms with Gasteiger partial charge in [-0.2, -0.15) is 0 Å². The number of aromatic nitrogens is 1. The first kappa shape index (κ1) is 20.4. The first-order chi connectivity index (χ1) is 14.0. The zero-order valence-corrected chi connectivity index (χ0v) is 17.7. The number of para-hydroxylation sites is 1. The summed E-state index contributed by atoms with van der Waals surface area (Å²) in [5, 5.41) is 10.6. The number of carboxylic acids is 1. The zero-order chi connectivity index (χ0) is 20.4. The van der Waals surface area contributed by atoms with Crippen molar-refractivity contribution in [3.8, 4) is 0 Å². The lowest BCUT2D eigenvalue weighted by atomic mass is 9.86. The molecule has 6 heteroatoms. The molecular formula is C23H34N4O2. The fourth-order valence-electron chi connectivity index (χ4n) is 5.19. The molecule has 0 spiro atoms. The number of likely N-dealkylation sites (N-methyl/N-ethyl adjacent to an activating group) is 1. The second-order valence-corrected chi connectivity index (χ2v) is 8.90. The number of hydrogen-bond acceptors (Lipinski definition) is 4. The van der Waals surface area contributed by atoms with E-state index in [0.717, 1.165) is 58.7 Å². The molecule has 158 valence electrons. The molecule has 1 aromatic carbocycles. The Labute approximate surface area is 173 Å². The van der Waals surface area contributed by atoms with E-state index < -0.39 is 5.97 Å². The summed E-state index contributed by atoms with van der Waals surface area (Å²) >= 11 is 0. The quantitative estimate of drug-likeness (QED) is 0.783. The van der Waals surface area contributed by atoms with Gasteiger partial charge in [0.25, 0.3) is 0 Å². The minimum atomic E-state index is -0.675. The number of piperazine rings is 1. The number of benzene rings is 1. The molecular weight excluding hydrogens is 364 g/mol. The van der Waals surface area contributed by atoms with E-state index in [1.807, 2.05) is 0 Å². The van der Waals surface area contributed by atoms with Crippen molar-refractivity contribution in [2.75, 3.05) is 46.3 Å². The van der Waals surface area contributed by atoms with Crippen LogP contribution in [-0.4, -0.2) is 83.1 Å². The van der Waals surface area contributed by atoms with Crippen LogP contribution in [0.15, 0.2) is 24.3 Å². The van der Waals surface area contributed by atoms with Gasteiger partial charge in [0.1, 0.15) is 0 Å². The third-order valence-electron chi connectivity index (χ3n) is 6.96. The molecule has 1 aromatic heterocycles. The molecule has 0 bridgehead atoms. The van der Waals surface area contributed by atoms with Crippen molar-refractivity contribution >= 4 is 16.9 Å². The first-order valence-corrected chi connectivity index (χ1v) is 10.9. The van der Waals surface area contributed by atoms with E-state index in [-0.39, 0.29) is 6.42 Å². The Morgan fingerprint density at radius 2 is 1.93 bits per heavy atom. The van der Waals surface area contributed by atoms with E-state index in [0.29, 0.717) is 12.0 Å². The maximum absolute atomic E-state index is 11.2. The van der Waals surface area contributed by atoms with Crippen molar-refractivity contribution in [1.29, 1.82) is 0 Å². The van der Waals surface area contributed by atoms with Crippen molar-refractivity contribution in [3.63, 3.8) is 0 Å². The SMILES string of the molecule is Cc1c(CN2CC[C@@H](N3CCN(C)CC3)[C@@H](CCC(=O)O)C2)[nH]c2ccccc12. The van der Waals surface area contributed by atoms with Crippen LogP contribution < -0.4 is 0 Å². The van der Waals surface area contributed by atoms with Crippen molar-refractivity contribution in [1.82, 2.24) is 19.7 Å². The van der Waals surface area contributed by atoms with Gasteiger partial charge in [0, 0.05) is 74.9 Å². The van der Waals surface area contributed by atoms with Crippen LogP contribution in [0.25, 0.3) is 10.9 Å². The molecule has 0 unspecified atom stereocenters. The summed E-state index contributed by atoms with van der Waals surface area (Å²) in [6, 6.07) is 9.01. The minimum Gasteiger partial charge on any atom is -0.481 e. The lowest BCUT2D eigenvalue weighted by Gasteiger charge is -2.46. The average Bonchev–Trinajstić information content (AvgIpc) is 3.03. The monoisotopic (exact) mass is 398 g/mol. The van der Waals surface area contributed by atoms with E-state index in [4.69, 9.17) is 0 Å². The number of hydrogen-bond donors (Lipinski definition) is 2. The van der Waals surface area contributed by atoms with Crippen LogP contribution in [0.1, 0.15) is 30.5 Å². The van der Waals surface area contributed by atoms with Gasteiger partial charge in [-0.15, -0.1) is 0 Å². The second kappa shape index (κ2) is 8.86. The topological polar surface area (TPSA) is 62.8 Å². The number of rotatable bonds is 6. The maximum Gasteiger partial charge on any atom is 0.303 e. The second-order valence-electron chi connectivity index (χ2n) is 8.90. The molecule has 2 N–H and O–H groups in total. The number of H-pyrrole nitrogens is 1. The molecule has 0 aliphatic carbocycles. The van der Waals surface area contributed by atoms with Crippen LogP contribution in [0.3, 0.4) is 0 Å². The fourth-order valence-corrected chi connectivity index (χ4v) is 5.19. The van der Waals surface area contributed by atoms with E-state index in [9.17, 15) is 9.90 Å². The van der Waals surface area contributed by atoms with E-state index in [2.05, 4.69) is 57.9 Å². The predicted octanol–water partition coefficient (Wildman–Crippen LogP) is 2.78. The van der Waals surface area contributed by atoms with Gasteiger partial charge in [0.15, 0.2) is 0 Å². The Kier molecular flexibility index (Phi) is 6.23. The van der Waals surface area contributed by atoms with Crippen LogP contribution in [0.5, 0.6) is 0 Å². The van der Waals surface area contributed by atoms with E-state index in [1.165, 1.54) is 22.2 Å². The molecule has 29 heavy (non-hydrogen) atoms. The number of aromatic amines is 1. The molecule has 2 saturated heterocycles. The molecule has 0 saturated carbocycles. The van der Waals surface area contributed by atoms with Gasteiger partial charge in [0.05, 0.1) is 0 Å². The number of nitrogens with zero attached hydrogens (tertiary/aromatic N) is 3. The normalized spacial score (nSPS) is 24.9. The average molecular weight is 399 g/mol. The number of nitrogens with one attached hydrogen (secondary N) is 1. The van der Waals surface area contributed by atoms with E-state index >= 15 is 0 Å². The van der Waals surface area contributed by atoms with Crippen molar-refractivity contribution in [2.24, 2.45) is 5.92 Å². The summed E-state index contributed by atoms with van der Waals surface area (Å²) < 4.78 is 0. The van der Waals surface area contributed by atoms with Gasteiger partial charge in [-0.05, 0) is 44.4 Å². The summed E-state index contributed by atoms with van der Waals surface area (Å²) in [7, 11) is 2.19. The van der Waals surface area contributed by atoms with Crippen LogP contribution in [0.2, 0.25) is 0 Å². The zero-order valence-electron chi connectivity index (χ0n) is 17.7. The Balaban J connectivity index is 1.45. The number of aliphatic carboxylic acids is 1. The molecule has 2 aromatic rings. The van der Waals surface area contributed by atoms with Crippen LogP contribution in [-0.2, 0) is 11.3 Å². The van der Waals surface area contributed by atoms with Crippen LogP contribution >= 0.6 is 0 Å². The Bertz CT molecular complexity index is 841. The maximum atomic E-state index is 11.2. The molecule has 2 atom stereocenters. The smallest absolute Gasteiger partial charge is 0.303 e. The highest BCUT2D eigenvalue weighted by Gasteiger charge is 2.34. The van der Waals surface area contributed by atoms with Gasteiger partial charge in [0.2, 0.25) is 0 Å². The van der Waals surface area contributed by atoms with E-state index in [1.54, 1.807) is 0 Å². The molecule has 3 heterocycles. The van der Waals surface area contributed by atoms with Gasteiger partial charge in [-0.3, -0.25) is 14.6 Å². The lowest BCUT2D eigenvalue weighted by Crippen LogP contribution is -2.56. The number of fused-ring (bicyclic) bond motifs is 1. The number of carbonyl (C=O) groups is 1. The number of piperidine rings is 1. The summed E-state index contributed by atoms with van der Waals surface area (Å²) in [6.45, 7) is 9.61. The Hall–Kier alpha value is -1.89. The molecule has 2 aliphatic heterocycles. The highest BCUT2D eigenvalue weighted by Crippen LogP contribution is 2.29. The molecule has 0 amide bonds. The minimum absolute atomic E-state index is 0.272. The third kappa shape index (κ3) is 4.65. The third-order valence-corrected chi connectivity index (χ3v) is 6.96. The number of likely N-dealkylation sites (tertiary alicyclic amines) is 1. The highest BCUT2D eigenvalue weighted by molar-refractivity contribution is 5.84.